The first-order valence-corrected chi connectivity index (χ1v) is 12.8. The molecule has 190 valence electrons. The van der Waals surface area contributed by atoms with E-state index in [2.05, 4.69) is 21.2 Å². The second kappa shape index (κ2) is 11.8. The van der Waals surface area contributed by atoms with E-state index in [1.807, 2.05) is 12.1 Å². The second-order valence-corrected chi connectivity index (χ2v) is 10.1. The first-order chi connectivity index (χ1) is 17.7. The van der Waals surface area contributed by atoms with Crippen molar-refractivity contribution in [2.75, 3.05) is 19.0 Å². The number of nitrogens with one attached hydrogen (secondary N) is 1. The van der Waals surface area contributed by atoms with Crippen LogP contribution in [0.1, 0.15) is 11.1 Å². The standard InChI is InChI=1S/C26H19BrClFN2O5S/c1-35-21-11-16(10-20(27)24(21)36-14-15-2-4-17(28)5-3-15)12-22-25(33)31(26(34)37-22)13-23(32)30-19-8-6-18(29)7-9-19/h2-12H,13-14H2,1H3,(H,30,32)/b22-12-. The summed E-state index contributed by atoms with van der Waals surface area (Å²) in [4.78, 5) is 38.6. The topological polar surface area (TPSA) is 84.9 Å². The molecule has 1 saturated heterocycles. The number of carbonyl (C=O) groups is 3. The predicted molar refractivity (Wildman–Crippen MR) is 144 cm³/mol. The van der Waals surface area contributed by atoms with Crippen LogP contribution in [0.3, 0.4) is 0 Å². The minimum atomic E-state index is -0.595. The molecular weight excluding hydrogens is 587 g/mol. The molecule has 3 aromatic carbocycles. The quantitative estimate of drug-likeness (QED) is 0.295. The average Bonchev–Trinajstić information content (AvgIpc) is 3.12. The number of halogens is 3. The Bertz CT molecular complexity index is 1380. The maximum Gasteiger partial charge on any atom is 0.294 e. The van der Waals surface area contributed by atoms with E-state index >= 15 is 0 Å². The second-order valence-electron chi connectivity index (χ2n) is 7.77. The Hall–Kier alpha value is -3.34. The van der Waals surface area contributed by atoms with Crippen LogP contribution in [-0.4, -0.2) is 35.6 Å². The van der Waals surface area contributed by atoms with Crippen molar-refractivity contribution >= 4 is 68.1 Å². The number of thioether (sulfide) groups is 1. The third kappa shape index (κ3) is 6.71. The van der Waals surface area contributed by atoms with Crippen LogP contribution in [0.15, 0.2) is 70.0 Å². The van der Waals surface area contributed by atoms with Crippen LogP contribution in [0, 0.1) is 5.82 Å². The Kier molecular flexibility index (Phi) is 8.52. The van der Waals surface area contributed by atoms with Gasteiger partial charge >= 0.3 is 0 Å². The van der Waals surface area contributed by atoms with Gasteiger partial charge in [0.2, 0.25) is 5.91 Å². The maximum atomic E-state index is 13.1. The molecule has 1 heterocycles. The average molecular weight is 606 g/mol. The monoisotopic (exact) mass is 604 g/mol. The van der Waals surface area contributed by atoms with E-state index in [1.54, 1.807) is 30.3 Å². The highest BCUT2D eigenvalue weighted by atomic mass is 79.9. The van der Waals surface area contributed by atoms with E-state index in [1.165, 1.54) is 31.4 Å². The fourth-order valence-electron chi connectivity index (χ4n) is 3.36. The zero-order valence-corrected chi connectivity index (χ0v) is 22.5. The van der Waals surface area contributed by atoms with Crippen LogP contribution in [0.4, 0.5) is 14.9 Å². The highest BCUT2D eigenvalue weighted by Gasteiger charge is 2.36. The van der Waals surface area contributed by atoms with E-state index in [-0.39, 0.29) is 11.5 Å². The van der Waals surface area contributed by atoms with Crippen LogP contribution < -0.4 is 14.8 Å². The van der Waals surface area contributed by atoms with Crippen molar-refractivity contribution in [2.45, 2.75) is 6.61 Å². The Morgan fingerprint density at radius 2 is 1.84 bits per heavy atom. The molecule has 1 aliphatic heterocycles. The van der Waals surface area contributed by atoms with Crippen molar-refractivity contribution in [3.63, 3.8) is 0 Å². The molecule has 7 nitrogen and oxygen atoms in total. The fraction of sp³-hybridized carbons (Fsp3) is 0.115. The first-order valence-electron chi connectivity index (χ1n) is 10.8. The molecule has 1 aliphatic rings. The number of methoxy groups -OCH3 is 1. The van der Waals surface area contributed by atoms with Gasteiger partial charge in [0.25, 0.3) is 11.1 Å². The molecular formula is C26H19BrClFN2O5S. The fourth-order valence-corrected chi connectivity index (χ4v) is 4.90. The first kappa shape index (κ1) is 26.7. The number of benzene rings is 3. The molecule has 37 heavy (non-hydrogen) atoms. The number of anilines is 1. The smallest absolute Gasteiger partial charge is 0.294 e. The van der Waals surface area contributed by atoms with Crippen molar-refractivity contribution in [3.8, 4) is 11.5 Å². The molecule has 0 atom stereocenters. The molecule has 0 bridgehead atoms. The Labute approximate surface area is 229 Å². The van der Waals surface area contributed by atoms with Crippen LogP contribution in [-0.2, 0) is 16.2 Å². The highest BCUT2D eigenvalue weighted by Crippen LogP contribution is 2.39. The van der Waals surface area contributed by atoms with Crippen molar-refractivity contribution < 1.29 is 28.2 Å². The molecule has 0 aliphatic carbocycles. The molecule has 11 heteroatoms. The summed E-state index contributed by atoms with van der Waals surface area (Å²) in [7, 11) is 1.49. The van der Waals surface area contributed by atoms with Gasteiger partial charge in [-0.1, -0.05) is 23.7 Å². The van der Waals surface area contributed by atoms with Crippen LogP contribution in [0.5, 0.6) is 11.5 Å². The van der Waals surface area contributed by atoms with Gasteiger partial charge in [-0.05, 0) is 93.4 Å². The SMILES string of the molecule is COc1cc(/C=C2\SC(=O)N(CC(=O)Nc3ccc(F)cc3)C2=O)cc(Br)c1OCc1ccc(Cl)cc1. The Morgan fingerprint density at radius 1 is 1.14 bits per heavy atom. The van der Waals surface area contributed by atoms with Crippen LogP contribution in [0.25, 0.3) is 6.08 Å². The minimum absolute atomic E-state index is 0.156. The van der Waals surface area contributed by atoms with Gasteiger partial charge in [-0.2, -0.15) is 0 Å². The van der Waals surface area contributed by atoms with Crippen molar-refractivity contribution in [1.82, 2.24) is 4.90 Å². The molecule has 0 saturated carbocycles. The van der Waals surface area contributed by atoms with Crippen LogP contribution in [0.2, 0.25) is 5.02 Å². The predicted octanol–water partition coefficient (Wildman–Crippen LogP) is 6.50. The summed E-state index contributed by atoms with van der Waals surface area (Å²) in [5.41, 5.74) is 1.85. The number of imide groups is 1. The molecule has 1 fully saturated rings. The number of nitrogens with zero attached hydrogens (tertiary/aromatic N) is 1. The Morgan fingerprint density at radius 3 is 2.51 bits per heavy atom. The van der Waals surface area contributed by atoms with Gasteiger partial charge in [0.1, 0.15) is 19.0 Å². The Balaban J connectivity index is 1.46. The zero-order chi connectivity index (χ0) is 26.5. The number of amides is 3. The zero-order valence-electron chi connectivity index (χ0n) is 19.3. The highest BCUT2D eigenvalue weighted by molar-refractivity contribution is 9.10. The molecule has 3 amide bonds. The number of hydrogen-bond acceptors (Lipinski definition) is 6. The van der Waals surface area contributed by atoms with Gasteiger partial charge < -0.3 is 14.8 Å². The molecule has 3 aromatic rings. The molecule has 1 N–H and O–H groups in total. The van der Waals surface area contributed by atoms with Crippen molar-refractivity contribution in [2.24, 2.45) is 0 Å². The van der Waals surface area contributed by atoms with E-state index < -0.39 is 29.4 Å². The lowest BCUT2D eigenvalue weighted by atomic mass is 10.1. The lowest BCUT2D eigenvalue weighted by molar-refractivity contribution is -0.127. The number of carbonyl (C=O) groups excluding carboxylic acids is 3. The lowest BCUT2D eigenvalue weighted by Crippen LogP contribution is -2.36. The molecule has 0 unspecified atom stereocenters. The summed E-state index contributed by atoms with van der Waals surface area (Å²) in [5, 5.41) is 2.59. The van der Waals surface area contributed by atoms with Gasteiger partial charge in [0, 0.05) is 10.7 Å². The van der Waals surface area contributed by atoms with Gasteiger partial charge in [-0.3, -0.25) is 19.3 Å². The van der Waals surface area contributed by atoms with Crippen molar-refractivity contribution in [1.29, 1.82) is 0 Å². The van der Waals surface area contributed by atoms with Gasteiger partial charge in [0.15, 0.2) is 11.5 Å². The van der Waals surface area contributed by atoms with Gasteiger partial charge in [-0.15, -0.1) is 0 Å². The van der Waals surface area contributed by atoms with Crippen molar-refractivity contribution in [3.05, 3.63) is 92.0 Å². The third-order valence-corrected chi connectivity index (χ3v) is 6.90. The summed E-state index contributed by atoms with van der Waals surface area (Å²) in [6.45, 7) is -0.186. The summed E-state index contributed by atoms with van der Waals surface area (Å²) in [5.74, 6) is -0.727. The summed E-state index contributed by atoms with van der Waals surface area (Å²) in [6.07, 6.45) is 1.54. The normalized spacial score (nSPS) is 14.3. The number of ether oxygens (including phenoxy) is 2. The van der Waals surface area contributed by atoms with Gasteiger partial charge in [-0.25, -0.2) is 4.39 Å². The molecule has 4 rings (SSSR count). The molecule has 0 spiro atoms. The largest absolute Gasteiger partial charge is 0.493 e. The number of hydrogen-bond donors (Lipinski definition) is 1. The summed E-state index contributed by atoms with van der Waals surface area (Å²) in [6, 6.07) is 15.8. The minimum Gasteiger partial charge on any atom is -0.493 e. The van der Waals surface area contributed by atoms with E-state index in [4.69, 9.17) is 21.1 Å². The lowest BCUT2D eigenvalue weighted by Gasteiger charge is -2.14. The number of rotatable bonds is 8. The van der Waals surface area contributed by atoms with Crippen LogP contribution >= 0.6 is 39.3 Å². The van der Waals surface area contributed by atoms with E-state index in [9.17, 15) is 18.8 Å². The van der Waals surface area contributed by atoms with E-state index in [0.29, 0.717) is 32.2 Å². The molecule has 0 radical (unpaired) electrons. The summed E-state index contributed by atoms with van der Waals surface area (Å²) < 4.78 is 25.0. The third-order valence-electron chi connectivity index (χ3n) is 5.15. The maximum absolute atomic E-state index is 13.1. The summed E-state index contributed by atoms with van der Waals surface area (Å²) >= 11 is 10.1. The van der Waals surface area contributed by atoms with Gasteiger partial charge in [0.05, 0.1) is 16.5 Å². The van der Waals surface area contributed by atoms with E-state index in [0.717, 1.165) is 22.2 Å². The molecule has 0 aromatic heterocycles.